The van der Waals surface area contributed by atoms with E-state index < -0.39 is 0 Å². The lowest BCUT2D eigenvalue weighted by molar-refractivity contribution is 0.299. The molecule has 2 rings (SSSR count). The summed E-state index contributed by atoms with van der Waals surface area (Å²) in [5.41, 5.74) is 1.31. The molecular formula is C10H15NOS. The number of thiazole rings is 1. The zero-order valence-corrected chi connectivity index (χ0v) is 8.73. The molecule has 0 aromatic carbocycles. The van der Waals surface area contributed by atoms with Crippen LogP contribution in [0, 0.1) is 6.92 Å². The fraction of sp³-hybridized carbons (Fsp3) is 0.700. The third-order valence-electron chi connectivity index (χ3n) is 2.69. The molecule has 0 aliphatic heterocycles. The first-order valence-electron chi connectivity index (χ1n) is 4.88. The lowest BCUT2D eigenvalue weighted by atomic mass is 9.82. The highest BCUT2D eigenvalue weighted by molar-refractivity contribution is 7.11. The molecule has 1 aromatic heterocycles. The van der Waals surface area contributed by atoms with E-state index in [1.807, 2.05) is 0 Å². The highest BCUT2D eigenvalue weighted by Gasteiger charge is 2.24. The van der Waals surface area contributed by atoms with Crippen LogP contribution in [0.3, 0.4) is 0 Å². The summed E-state index contributed by atoms with van der Waals surface area (Å²) < 4.78 is 0. The molecule has 3 heteroatoms. The summed E-state index contributed by atoms with van der Waals surface area (Å²) in [7, 11) is 0. The van der Waals surface area contributed by atoms with Gasteiger partial charge in [-0.05, 0) is 19.8 Å². The maximum Gasteiger partial charge on any atom is 0.0953 e. The Kier molecular flexibility index (Phi) is 2.65. The van der Waals surface area contributed by atoms with Crippen LogP contribution in [-0.4, -0.2) is 16.7 Å². The third-order valence-corrected chi connectivity index (χ3v) is 3.74. The topological polar surface area (TPSA) is 33.1 Å². The molecule has 1 saturated carbocycles. The number of aromatic nitrogens is 1. The van der Waals surface area contributed by atoms with Crippen LogP contribution in [0.4, 0.5) is 0 Å². The van der Waals surface area contributed by atoms with Gasteiger partial charge >= 0.3 is 0 Å². The normalized spacial score (nSPS) is 17.4. The van der Waals surface area contributed by atoms with Crippen molar-refractivity contribution in [2.75, 3.05) is 6.61 Å². The molecule has 1 N–H and O–H groups in total. The maximum atomic E-state index is 8.80. The van der Waals surface area contributed by atoms with Crippen LogP contribution < -0.4 is 0 Å². The van der Waals surface area contributed by atoms with Crippen molar-refractivity contribution < 1.29 is 5.11 Å². The van der Waals surface area contributed by atoms with Gasteiger partial charge in [0.25, 0.3) is 0 Å². The smallest absolute Gasteiger partial charge is 0.0953 e. The molecule has 0 amide bonds. The minimum atomic E-state index is 0.219. The fourth-order valence-electron chi connectivity index (χ4n) is 1.73. The quantitative estimate of drug-likeness (QED) is 0.806. The van der Waals surface area contributed by atoms with E-state index in [1.54, 1.807) is 11.3 Å². The van der Waals surface area contributed by atoms with E-state index >= 15 is 0 Å². The van der Waals surface area contributed by atoms with Crippen molar-refractivity contribution in [2.24, 2.45) is 0 Å². The van der Waals surface area contributed by atoms with Crippen LogP contribution in [0.5, 0.6) is 0 Å². The molecule has 1 fully saturated rings. The van der Waals surface area contributed by atoms with Crippen LogP contribution in [0.1, 0.15) is 40.8 Å². The fourth-order valence-corrected chi connectivity index (χ4v) is 2.74. The van der Waals surface area contributed by atoms with Gasteiger partial charge < -0.3 is 5.11 Å². The summed E-state index contributed by atoms with van der Waals surface area (Å²) in [6.45, 7) is 2.36. The van der Waals surface area contributed by atoms with Crippen LogP contribution >= 0.6 is 11.3 Å². The summed E-state index contributed by atoms with van der Waals surface area (Å²) in [4.78, 5) is 5.93. The standard InChI is InChI=1S/C10H15NOS/c1-7-10(8-3-2-4-8)11-9(13-7)5-6-12/h8,12H,2-6H2,1H3. The van der Waals surface area contributed by atoms with Gasteiger partial charge in [0.1, 0.15) is 0 Å². The summed E-state index contributed by atoms with van der Waals surface area (Å²) >= 11 is 1.75. The second-order valence-corrected chi connectivity index (χ2v) is 4.94. The lowest BCUT2D eigenvalue weighted by Gasteiger charge is -2.24. The van der Waals surface area contributed by atoms with Crippen molar-refractivity contribution in [3.63, 3.8) is 0 Å². The molecule has 1 heterocycles. The first kappa shape index (κ1) is 9.16. The average Bonchev–Trinajstić information content (AvgIpc) is 2.30. The predicted octanol–water partition coefficient (Wildman–Crippen LogP) is 2.25. The summed E-state index contributed by atoms with van der Waals surface area (Å²) in [5.74, 6) is 0.726. The van der Waals surface area contributed by atoms with Crippen molar-refractivity contribution >= 4 is 11.3 Å². The Hall–Kier alpha value is -0.410. The third kappa shape index (κ3) is 1.76. The zero-order valence-electron chi connectivity index (χ0n) is 7.92. The van der Waals surface area contributed by atoms with Crippen LogP contribution in [0.2, 0.25) is 0 Å². The Bertz CT molecular complexity index is 291. The van der Waals surface area contributed by atoms with E-state index in [-0.39, 0.29) is 6.61 Å². The molecule has 0 unspecified atom stereocenters. The van der Waals surface area contributed by atoms with Crippen molar-refractivity contribution in [3.05, 3.63) is 15.6 Å². The molecule has 0 spiro atoms. The van der Waals surface area contributed by atoms with Gasteiger partial charge in [-0.3, -0.25) is 0 Å². The number of rotatable bonds is 3. The average molecular weight is 197 g/mol. The van der Waals surface area contributed by atoms with Crippen LogP contribution in [0.25, 0.3) is 0 Å². The first-order chi connectivity index (χ1) is 6.31. The van der Waals surface area contributed by atoms with Crippen molar-refractivity contribution in [2.45, 2.75) is 38.5 Å². The molecule has 1 aromatic rings. The van der Waals surface area contributed by atoms with Gasteiger partial charge in [-0.15, -0.1) is 11.3 Å². The number of aliphatic hydroxyl groups is 1. The van der Waals surface area contributed by atoms with Gasteiger partial charge in [-0.2, -0.15) is 0 Å². The molecular weight excluding hydrogens is 182 g/mol. The Balaban J connectivity index is 2.15. The number of aliphatic hydroxyl groups excluding tert-OH is 1. The number of hydrogen-bond acceptors (Lipinski definition) is 3. The van der Waals surface area contributed by atoms with Gasteiger partial charge in [-0.1, -0.05) is 6.42 Å². The molecule has 72 valence electrons. The van der Waals surface area contributed by atoms with E-state index in [2.05, 4.69) is 11.9 Å². The second kappa shape index (κ2) is 3.76. The van der Waals surface area contributed by atoms with Crippen molar-refractivity contribution in [1.82, 2.24) is 4.98 Å². The number of aryl methyl sites for hydroxylation is 1. The highest BCUT2D eigenvalue weighted by atomic mass is 32.1. The minimum absolute atomic E-state index is 0.219. The van der Waals surface area contributed by atoms with Gasteiger partial charge in [-0.25, -0.2) is 4.98 Å². The highest BCUT2D eigenvalue weighted by Crippen LogP contribution is 2.38. The Morgan fingerprint density at radius 3 is 2.85 bits per heavy atom. The van der Waals surface area contributed by atoms with Gasteiger partial charge in [0.05, 0.1) is 10.7 Å². The molecule has 1 aliphatic carbocycles. The Morgan fingerprint density at radius 1 is 1.54 bits per heavy atom. The zero-order chi connectivity index (χ0) is 9.26. The summed E-state index contributed by atoms with van der Waals surface area (Å²) in [6, 6.07) is 0. The Labute approximate surface area is 82.6 Å². The van der Waals surface area contributed by atoms with Gasteiger partial charge in [0.2, 0.25) is 0 Å². The van der Waals surface area contributed by atoms with Crippen LogP contribution in [0.15, 0.2) is 0 Å². The van der Waals surface area contributed by atoms with Crippen LogP contribution in [-0.2, 0) is 6.42 Å². The first-order valence-corrected chi connectivity index (χ1v) is 5.70. The number of nitrogens with zero attached hydrogens (tertiary/aromatic N) is 1. The Morgan fingerprint density at radius 2 is 2.31 bits per heavy atom. The molecule has 2 nitrogen and oxygen atoms in total. The van der Waals surface area contributed by atoms with E-state index in [0.717, 1.165) is 17.3 Å². The molecule has 0 bridgehead atoms. The summed E-state index contributed by atoms with van der Waals surface area (Å²) in [6.07, 6.45) is 4.70. The maximum absolute atomic E-state index is 8.80. The van der Waals surface area contributed by atoms with E-state index in [9.17, 15) is 0 Å². The second-order valence-electron chi connectivity index (χ2n) is 3.65. The van der Waals surface area contributed by atoms with E-state index in [0.29, 0.717) is 0 Å². The molecule has 0 saturated heterocycles. The molecule has 0 atom stereocenters. The monoisotopic (exact) mass is 197 g/mol. The largest absolute Gasteiger partial charge is 0.396 e. The van der Waals surface area contributed by atoms with Gasteiger partial charge in [0, 0.05) is 23.8 Å². The molecule has 13 heavy (non-hydrogen) atoms. The lowest BCUT2D eigenvalue weighted by Crippen LogP contribution is -2.10. The molecule has 1 aliphatic rings. The SMILES string of the molecule is Cc1sc(CCO)nc1C1CCC1. The summed E-state index contributed by atoms with van der Waals surface area (Å²) in [5, 5.41) is 9.90. The van der Waals surface area contributed by atoms with Gasteiger partial charge in [0.15, 0.2) is 0 Å². The number of hydrogen-bond donors (Lipinski definition) is 1. The molecule has 0 radical (unpaired) electrons. The van der Waals surface area contributed by atoms with Crippen molar-refractivity contribution in [1.29, 1.82) is 0 Å². The predicted molar refractivity (Wildman–Crippen MR) is 54.2 cm³/mol. The van der Waals surface area contributed by atoms with E-state index in [4.69, 9.17) is 5.11 Å². The van der Waals surface area contributed by atoms with E-state index in [1.165, 1.54) is 29.8 Å². The van der Waals surface area contributed by atoms with Crippen molar-refractivity contribution in [3.8, 4) is 0 Å². The minimum Gasteiger partial charge on any atom is -0.396 e.